The molecule has 2 nitrogen and oxygen atoms in total. The zero-order valence-electron chi connectivity index (χ0n) is 11.3. The summed E-state index contributed by atoms with van der Waals surface area (Å²) in [5, 5.41) is 0. The first-order chi connectivity index (χ1) is 8.64. The third-order valence-electron chi connectivity index (χ3n) is 5.06. The molecule has 4 heteroatoms. The molecule has 0 amide bonds. The molecule has 0 aromatic heterocycles. The molecule has 0 saturated carbocycles. The molecule has 3 rings (SSSR count). The van der Waals surface area contributed by atoms with Crippen LogP contribution in [0, 0.1) is 5.92 Å². The van der Waals surface area contributed by atoms with Gasteiger partial charge in [0.25, 0.3) is 0 Å². The van der Waals surface area contributed by atoms with Gasteiger partial charge in [-0.25, -0.2) is 0 Å². The number of ether oxygens (including phenoxy) is 1. The molecule has 0 bridgehead atoms. The number of hydrogen-bond donors (Lipinski definition) is 1. The van der Waals surface area contributed by atoms with E-state index in [0.717, 1.165) is 6.61 Å². The Morgan fingerprint density at radius 2 is 2.22 bits per heavy atom. The van der Waals surface area contributed by atoms with Gasteiger partial charge in [0, 0.05) is 23.1 Å². The number of rotatable bonds is 2. The van der Waals surface area contributed by atoms with Crippen molar-refractivity contribution in [1.82, 2.24) is 0 Å². The van der Waals surface area contributed by atoms with Crippen LogP contribution < -0.4 is 5.73 Å². The largest absolute Gasteiger partial charge is 0.374 e. The fourth-order valence-corrected chi connectivity index (χ4v) is 6.60. The molecule has 104 valence electrons. The zero-order chi connectivity index (χ0) is 12.6. The van der Waals surface area contributed by atoms with Crippen LogP contribution in [0.5, 0.6) is 0 Å². The second-order valence-electron chi connectivity index (χ2n) is 6.38. The maximum atomic E-state index is 6.66. The fourth-order valence-electron chi connectivity index (χ4n) is 3.80. The van der Waals surface area contributed by atoms with Crippen molar-refractivity contribution in [3.8, 4) is 0 Å². The van der Waals surface area contributed by atoms with E-state index in [0.29, 0.717) is 16.7 Å². The number of hydrogen-bond acceptors (Lipinski definition) is 4. The van der Waals surface area contributed by atoms with Gasteiger partial charge in [-0.2, -0.15) is 23.5 Å². The summed E-state index contributed by atoms with van der Waals surface area (Å²) in [4.78, 5) is 0. The van der Waals surface area contributed by atoms with Crippen molar-refractivity contribution in [3.05, 3.63) is 0 Å². The van der Waals surface area contributed by atoms with Gasteiger partial charge in [-0.3, -0.25) is 0 Å². The first-order valence-electron chi connectivity index (χ1n) is 7.25. The highest BCUT2D eigenvalue weighted by atomic mass is 32.2. The van der Waals surface area contributed by atoms with E-state index in [-0.39, 0.29) is 5.60 Å². The van der Waals surface area contributed by atoms with Crippen LogP contribution >= 0.6 is 23.5 Å². The highest BCUT2D eigenvalue weighted by molar-refractivity contribution is 8.01. The summed E-state index contributed by atoms with van der Waals surface area (Å²) < 4.78 is 6.45. The van der Waals surface area contributed by atoms with Crippen LogP contribution in [0.4, 0.5) is 0 Å². The Bertz CT molecular complexity index is 288. The van der Waals surface area contributed by atoms with Crippen molar-refractivity contribution in [3.63, 3.8) is 0 Å². The first-order valence-corrected chi connectivity index (χ1v) is 9.39. The zero-order valence-corrected chi connectivity index (χ0v) is 13.0. The van der Waals surface area contributed by atoms with Crippen LogP contribution in [0.1, 0.15) is 39.0 Å². The molecule has 3 saturated heterocycles. The molecule has 1 spiro atoms. The van der Waals surface area contributed by atoms with Crippen LogP contribution in [-0.4, -0.2) is 40.3 Å². The lowest BCUT2D eigenvalue weighted by molar-refractivity contribution is -0.0847. The Morgan fingerprint density at radius 1 is 1.33 bits per heavy atom. The lowest BCUT2D eigenvalue weighted by Gasteiger charge is -2.44. The highest BCUT2D eigenvalue weighted by Crippen LogP contribution is 2.47. The summed E-state index contributed by atoms with van der Waals surface area (Å²) in [5.41, 5.74) is 6.84. The van der Waals surface area contributed by atoms with Gasteiger partial charge in [0.05, 0.1) is 5.60 Å². The van der Waals surface area contributed by atoms with E-state index in [1.54, 1.807) is 0 Å². The Balaban J connectivity index is 1.68. The van der Waals surface area contributed by atoms with E-state index < -0.39 is 0 Å². The summed E-state index contributed by atoms with van der Waals surface area (Å²) in [5.74, 6) is 4.44. The molecule has 0 aromatic rings. The third-order valence-corrected chi connectivity index (χ3v) is 7.91. The van der Waals surface area contributed by atoms with Crippen LogP contribution in [0.2, 0.25) is 0 Å². The lowest BCUT2D eigenvalue weighted by Crippen LogP contribution is -2.52. The fraction of sp³-hybridized carbons (Fsp3) is 1.00. The standard InChI is InChI=1S/C14H25NOS2/c1-13(4-2-7-18-13)12(15)11-3-6-16-14(9-11)5-8-17-10-14/h11-12H,2-10,15H2,1H3. The maximum absolute atomic E-state index is 6.66. The van der Waals surface area contributed by atoms with Gasteiger partial charge in [0.1, 0.15) is 0 Å². The molecule has 3 heterocycles. The lowest BCUT2D eigenvalue weighted by atomic mass is 9.76. The van der Waals surface area contributed by atoms with Crippen LogP contribution in [0.25, 0.3) is 0 Å². The summed E-state index contributed by atoms with van der Waals surface area (Å²) in [6.07, 6.45) is 6.27. The molecule has 0 radical (unpaired) electrons. The van der Waals surface area contributed by atoms with Crippen molar-refractivity contribution in [2.75, 3.05) is 23.9 Å². The van der Waals surface area contributed by atoms with E-state index in [1.165, 1.54) is 49.4 Å². The minimum Gasteiger partial charge on any atom is -0.374 e. The Morgan fingerprint density at radius 3 is 2.89 bits per heavy atom. The van der Waals surface area contributed by atoms with Gasteiger partial charge in [-0.15, -0.1) is 0 Å². The van der Waals surface area contributed by atoms with Gasteiger partial charge < -0.3 is 10.5 Å². The van der Waals surface area contributed by atoms with E-state index >= 15 is 0 Å². The van der Waals surface area contributed by atoms with Crippen molar-refractivity contribution >= 4 is 23.5 Å². The van der Waals surface area contributed by atoms with Crippen LogP contribution in [0.15, 0.2) is 0 Å². The van der Waals surface area contributed by atoms with Gasteiger partial charge in [0.2, 0.25) is 0 Å². The Hall–Kier alpha value is 0.620. The predicted molar refractivity (Wildman–Crippen MR) is 81.4 cm³/mol. The van der Waals surface area contributed by atoms with Gasteiger partial charge in [-0.1, -0.05) is 0 Å². The molecule has 0 aliphatic carbocycles. The van der Waals surface area contributed by atoms with Crippen molar-refractivity contribution < 1.29 is 4.74 Å². The molecule has 3 aliphatic rings. The topological polar surface area (TPSA) is 35.2 Å². The maximum Gasteiger partial charge on any atom is 0.0783 e. The van der Waals surface area contributed by atoms with Crippen molar-refractivity contribution in [2.24, 2.45) is 11.7 Å². The van der Waals surface area contributed by atoms with E-state index in [9.17, 15) is 0 Å². The summed E-state index contributed by atoms with van der Waals surface area (Å²) in [6, 6.07) is 0.358. The smallest absolute Gasteiger partial charge is 0.0783 e. The predicted octanol–water partition coefficient (Wildman–Crippen LogP) is 2.90. The average Bonchev–Trinajstić information content (AvgIpc) is 2.99. The number of thioether (sulfide) groups is 2. The van der Waals surface area contributed by atoms with Crippen molar-refractivity contribution in [1.29, 1.82) is 0 Å². The van der Waals surface area contributed by atoms with E-state index in [4.69, 9.17) is 10.5 Å². The average molecular weight is 287 g/mol. The van der Waals surface area contributed by atoms with Crippen molar-refractivity contribution in [2.45, 2.75) is 55.4 Å². The minimum atomic E-state index is 0.185. The summed E-state index contributed by atoms with van der Waals surface area (Å²) in [7, 11) is 0. The Labute approximate surface area is 119 Å². The van der Waals surface area contributed by atoms with E-state index in [1.807, 2.05) is 0 Å². The van der Waals surface area contributed by atoms with Gasteiger partial charge in [-0.05, 0) is 56.5 Å². The Kier molecular flexibility index (Phi) is 3.92. The van der Waals surface area contributed by atoms with Crippen LogP contribution in [0.3, 0.4) is 0 Å². The summed E-state index contributed by atoms with van der Waals surface area (Å²) >= 11 is 4.16. The molecule has 3 aliphatic heterocycles. The van der Waals surface area contributed by atoms with Crippen LogP contribution in [-0.2, 0) is 4.74 Å². The number of nitrogens with two attached hydrogens (primary N) is 1. The molecule has 18 heavy (non-hydrogen) atoms. The summed E-state index contributed by atoms with van der Waals surface area (Å²) in [6.45, 7) is 3.32. The molecule has 4 atom stereocenters. The normalized spacial score (nSPS) is 46.7. The molecule has 2 N–H and O–H groups in total. The molecule has 4 unspecified atom stereocenters. The molecule has 3 fully saturated rings. The molecular weight excluding hydrogens is 262 g/mol. The monoisotopic (exact) mass is 287 g/mol. The first kappa shape index (κ1) is 13.6. The minimum absolute atomic E-state index is 0.185. The highest BCUT2D eigenvalue weighted by Gasteiger charge is 2.46. The van der Waals surface area contributed by atoms with E-state index in [2.05, 4.69) is 30.4 Å². The second kappa shape index (κ2) is 5.19. The third kappa shape index (κ3) is 2.46. The van der Waals surface area contributed by atoms with Gasteiger partial charge >= 0.3 is 0 Å². The molecule has 0 aromatic carbocycles. The quantitative estimate of drug-likeness (QED) is 0.847. The second-order valence-corrected chi connectivity index (χ2v) is 9.11. The van der Waals surface area contributed by atoms with Gasteiger partial charge in [0.15, 0.2) is 0 Å². The SMILES string of the molecule is CC1(C(N)C2CCOC3(CCSC3)C2)CCCS1. The molecular formula is C14H25NOS2.